The Labute approximate surface area is 127 Å². The van der Waals surface area contributed by atoms with E-state index < -0.39 is 6.10 Å². The van der Waals surface area contributed by atoms with Gasteiger partial charge in [-0.3, -0.25) is 4.79 Å². The SMILES string of the molecule is Cc1cc(Cl)ccc1O[C@H](C)C(=O)NCc1cccs1. The highest BCUT2D eigenvalue weighted by atomic mass is 35.5. The molecule has 0 fully saturated rings. The van der Waals surface area contributed by atoms with Gasteiger partial charge in [0.15, 0.2) is 6.10 Å². The first-order valence-electron chi connectivity index (χ1n) is 6.29. The molecule has 1 N–H and O–H groups in total. The summed E-state index contributed by atoms with van der Waals surface area (Å²) < 4.78 is 5.66. The summed E-state index contributed by atoms with van der Waals surface area (Å²) >= 11 is 7.50. The lowest BCUT2D eigenvalue weighted by molar-refractivity contribution is -0.127. The maximum absolute atomic E-state index is 12.0. The number of aryl methyl sites for hydroxylation is 1. The molecule has 2 aromatic rings. The van der Waals surface area contributed by atoms with Gasteiger partial charge in [0.2, 0.25) is 0 Å². The van der Waals surface area contributed by atoms with E-state index in [-0.39, 0.29) is 5.91 Å². The number of carbonyl (C=O) groups is 1. The van der Waals surface area contributed by atoms with Gasteiger partial charge >= 0.3 is 0 Å². The first kappa shape index (κ1) is 14.9. The number of benzene rings is 1. The number of ether oxygens (including phenoxy) is 1. The summed E-state index contributed by atoms with van der Waals surface area (Å²) in [7, 11) is 0. The van der Waals surface area contributed by atoms with Crippen LogP contribution in [0.3, 0.4) is 0 Å². The maximum Gasteiger partial charge on any atom is 0.261 e. The zero-order valence-electron chi connectivity index (χ0n) is 11.4. The molecule has 3 nitrogen and oxygen atoms in total. The van der Waals surface area contributed by atoms with Crippen molar-refractivity contribution < 1.29 is 9.53 Å². The van der Waals surface area contributed by atoms with Crippen LogP contribution in [-0.4, -0.2) is 12.0 Å². The number of halogens is 1. The van der Waals surface area contributed by atoms with Crippen LogP contribution in [0.1, 0.15) is 17.4 Å². The normalized spacial score (nSPS) is 11.9. The second kappa shape index (κ2) is 6.77. The highest BCUT2D eigenvalue weighted by Crippen LogP contribution is 2.22. The fourth-order valence-electron chi connectivity index (χ4n) is 1.72. The number of carbonyl (C=O) groups excluding carboxylic acids is 1. The molecular formula is C15H16ClNO2S. The molecule has 0 bridgehead atoms. The first-order chi connectivity index (χ1) is 9.56. The Hall–Kier alpha value is -1.52. The molecule has 1 aromatic heterocycles. The van der Waals surface area contributed by atoms with Gasteiger partial charge in [-0.25, -0.2) is 0 Å². The van der Waals surface area contributed by atoms with Crippen LogP contribution in [0.25, 0.3) is 0 Å². The third-order valence-corrected chi connectivity index (χ3v) is 3.94. The van der Waals surface area contributed by atoms with Crippen molar-refractivity contribution in [1.82, 2.24) is 5.32 Å². The van der Waals surface area contributed by atoms with Gasteiger partial charge in [0.05, 0.1) is 6.54 Å². The van der Waals surface area contributed by atoms with E-state index in [1.807, 2.05) is 30.5 Å². The Kier molecular flexibility index (Phi) is 5.04. The van der Waals surface area contributed by atoms with Crippen LogP contribution in [0.2, 0.25) is 5.02 Å². The van der Waals surface area contributed by atoms with Crippen molar-refractivity contribution in [2.24, 2.45) is 0 Å². The van der Waals surface area contributed by atoms with Crippen LogP contribution in [-0.2, 0) is 11.3 Å². The molecule has 0 radical (unpaired) electrons. The van der Waals surface area contributed by atoms with Crippen molar-refractivity contribution in [3.63, 3.8) is 0 Å². The van der Waals surface area contributed by atoms with Gasteiger partial charge in [-0.15, -0.1) is 11.3 Å². The van der Waals surface area contributed by atoms with Gasteiger partial charge in [0.25, 0.3) is 5.91 Å². The van der Waals surface area contributed by atoms with Crippen molar-refractivity contribution in [3.05, 3.63) is 51.2 Å². The molecule has 5 heteroatoms. The molecule has 0 aliphatic heterocycles. The van der Waals surface area contributed by atoms with E-state index in [4.69, 9.17) is 16.3 Å². The van der Waals surface area contributed by atoms with Crippen LogP contribution in [0.5, 0.6) is 5.75 Å². The van der Waals surface area contributed by atoms with Gasteiger partial charge in [-0.05, 0) is 49.1 Å². The zero-order chi connectivity index (χ0) is 14.5. The highest BCUT2D eigenvalue weighted by molar-refractivity contribution is 7.09. The minimum absolute atomic E-state index is 0.132. The van der Waals surface area contributed by atoms with Gasteiger partial charge in [0.1, 0.15) is 5.75 Å². The summed E-state index contributed by atoms with van der Waals surface area (Å²) in [5.74, 6) is 0.543. The molecule has 0 aliphatic rings. The number of nitrogens with one attached hydrogen (secondary N) is 1. The van der Waals surface area contributed by atoms with E-state index in [1.54, 1.807) is 30.4 Å². The van der Waals surface area contributed by atoms with E-state index in [1.165, 1.54) is 0 Å². The molecule has 1 heterocycles. The molecule has 20 heavy (non-hydrogen) atoms. The maximum atomic E-state index is 12.0. The molecule has 0 spiro atoms. The molecule has 0 saturated heterocycles. The van der Waals surface area contributed by atoms with Crippen LogP contribution in [0, 0.1) is 6.92 Å². The number of hydrogen-bond donors (Lipinski definition) is 1. The number of rotatable bonds is 5. The summed E-state index contributed by atoms with van der Waals surface area (Å²) in [5, 5.41) is 5.50. The van der Waals surface area contributed by atoms with Crippen LogP contribution >= 0.6 is 22.9 Å². The minimum atomic E-state index is -0.546. The van der Waals surface area contributed by atoms with Crippen molar-refractivity contribution in [2.45, 2.75) is 26.5 Å². The van der Waals surface area contributed by atoms with E-state index in [0.29, 0.717) is 17.3 Å². The molecule has 1 aromatic carbocycles. The van der Waals surface area contributed by atoms with E-state index in [0.717, 1.165) is 10.4 Å². The summed E-state index contributed by atoms with van der Waals surface area (Å²) in [6.45, 7) is 4.17. The Bertz CT molecular complexity index is 584. The van der Waals surface area contributed by atoms with Crippen molar-refractivity contribution in [1.29, 1.82) is 0 Å². The lowest BCUT2D eigenvalue weighted by Crippen LogP contribution is -2.35. The molecule has 1 atom stereocenters. The fourth-order valence-corrected chi connectivity index (χ4v) is 2.59. The number of amides is 1. The summed E-state index contributed by atoms with van der Waals surface area (Å²) in [4.78, 5) is 13.1. The number of hydrogen-bond acceptors (Lipinski definition) is 3. The highest BCUT2D eigenvalue weighted by Gasteiger charge is 2.15. The average Bonchev–Trinajstić information content (AvgIpc) is 2.92. The standard InChI is InChI=1S/C15H16ClNO2S/c1-10-8-12(16)5-6-14(10)19-11(2)15(18)17-9-13-4-3-7-20-13/h3-8,11H,9H2,1-2H3,(H,17,18)/t11-/m1/s1. The molecule has 1 amide bonds. The van der Waals surface area contributed by atoms with Gasteiger partial charge in [-0.1, -0.05) is 17.7 Å². The smallest absolute Gasteiger partial charge is 0.261 e. The molecule has 0 aliphatic carbocycles. The topological polar surface area (TPSA) is 38.3 Å². The number of thiophene rings is 1. The first-order valence-corrected chi connectivity index (χ1v) is 7.55. The van der Waals surface area contributed by atoms with Crippen LogP contribution in [0.4, 0.5) is 0 Å². The van der Waals surface area contributed by atoms with Gasteiger partial charge in [-0.2, -0.15) is 0 Å². The van der Waals surface area contributed by atoms with Gasteiger partial charge < -0.3 is 10.1 Å². The third kappa shape index (κ3) is 3.99. The van der Waals surface area contributed by atoms with Crippen LogP contribution in [0.15, 0.2) is 35.7 Å². The van der Waals surface area contributed by atoms with Crippen molar-refractivity contribution in [2.75, 3.05) is 0 Å². The van der Waals surface area contributed by atoms with Crippen LogP contribution < -0.4 is 10.1 Å². The second-order valence-electron chi connectivity index (χ2n) is 4.47. The zero-order valence-corrected chi connectivity index (χ0v) is 12.9. The van der Waals surface area contributed by atoms with E-state index in [9.17, 15) is 4.79 Å². The largest absolute Gasteiger partial charge is 0.481 e. The lowest BCUT2D eigenvalue weighted by atomic mass is 10.2. The predicted octanol–water partition coefficient (Wildman–Crippen LogP) is 3.79. The third-order valence-electron chi connectivity index (χ3n) is 2.83. The monoisotopic (exact) mass is 309 g/mol. The summed E-state index contributed by atoms with van der Waals surface area (Å²) in [6, 6.07) is 9.29. The van der Waals surface area contributed by atoms with E-state index >= 15 is 0 Å². The summed E-state index contributed by atoms with van der Waals surface area (Å²) in [6.07, 6.45) is -0.546. The van der Waals surface area contributed by atoms with Crippen molar-refractivity contribution in [3.8, 4) is 5.75 Å². The Morgan fingerprint density at radius 1 is 1.45 bits per heavy atom. The minimum Gasteiger partial charge on any atom is -0.481 e. The molecule has 0 unspecified atom stereocenters. The molecular weight excluding hydrogens is 294 g/mol. The Morgan fingerprint density at radius 2 is 2.25 bits per heavy atom. The summed E-state index contributed by atoms with van der Waals surface area (Å²) in [5.41, 5.74) is 0.912. The molecule has 2 rings (SSSR count). The van der Waals surface area contributed by atoms with Gasteiger partial charge in [0, 0.05) is 9.90 Å². The lowest BCUT2D eigenvalue weighted by Gasteiger charge is -2.16. The Balaban J connectivity index is 1.90. The second-order valence-corrected chi connectivity index (χ2v) is 5.94. The quantitative estimate of drug-likeness (QED) is 0.912. The Morgan fingerprint density at radius 3 is 2.90 bits per heavy atom. The molecule has 0 saturated carbocycles. The predicted molar refractivity (Wildman–Crippen MR) is 82.4 cm³/mol. The fraction of sp³-hybridized carbons (Fsp3) is 0.267. The molecule has 106 valence electrons. The van der Waals surface area contributed by atoms with E-state index in [2.05, 4.69) is 5.32 Å². The van der Waals surface area contributed by atoms with Crippen molar-refractivity contribution >= 4 is 28.8 Å². The average molecular weight is 310 g/mol.